The van der Waals surface area contributed by atoms with Crippen molar-refractivity contribution in [3.63, 3.8) is 0 Å². The Morgan fingerprint density at radius 2 is 1.09 bits per heavy atom. The SMILES string of the molecule is CC1(C)c2ccccc2-c2cc(-c3ccc(Nc4ccccc4-c4ccccc4)cc3)ccc21. The van der Waals surface area contributed by atoms with Crippen LogP contribution in [0.5, 0.6) is 0 Å². The van der Waals surface area contributed by atoms with E-state index in [1.54, 1.807) is 0 Å². The number of nitrogens with one attached hydrogen (secondary N) is 1. The van der Waals surface area contributed by atoms with Gasteiger partial charge in [0.2, 0.25) is 0 Å². The predicted octanol–water partition coefficient (Wildman–Crippen LogP) is 9.07. The number of benzene rings is 5. The van der Waals surface area contributed by atoms with Crippen molar-refractivity contribution in [3.8, 4) is 33.4 Å². The Balaban J connectivity index is 1.31. The number of fused-ring (bicyclic) bond motifs is 3. The van der Waals surface area contributed by atoms with Crippen molar-refractivity contribution in [2.75, 3.05) is 5.32 Å². The van der Waals surface area contributed by atoms with Crippen LogP contribution in [0.4, 0.5) is 11.4 Å². The van der Waals surface area contributed by atoms with Crippen LogP contribution in [0.15, 0.2) is 121 Å². The molecular formula is C33H27N. The summed E-state index contributed by atoms with van der Waals surface area (Å²) in [5, 5.41) is 3.62. The summed E-state index contributed by atoms with van der Waals surface area (Å²) in [6.07, 6.45) is 0. The van der Waals surface area contributed by atoms with Crippen LogP contribution in [-0.2, 0) is 5.41 Å². The quantitative estimate of drug-likeness (QED) is 0.296. The van der Waals surface area contributed by atoms with Gasteiger partial charge in [-0.05, 0) is 63.2 Å². The van der Waals surface area contributed by atoms with Crippen LogP contribution in [0.1, 0.15) is 25.0 Å². The Bertz CT molecular complexity index is 1480. The van der Waals surface area contributed by atoms with Gasteiger partial charge >= 0.3 is 0 Å². The van der Waals surface area contributed by atoms with Crippen molar-refractivity contribution >= 4 is 11.4 Å². The zero-order valence-electron chi connectivity index (χ0n) is 19.5. The lowest BCUT2D eigenvalue weighted by atomic mass is 9.82. The number of hydrogen-bond acceptors (Lipinski definition) is 1. The molecule has 0 atom stereocenters. The molecule has 0 aliphatic heterocycles. The molecule has 1 aliphatic carbocycles. The van der Waals surface area contributed by atoms with Crippen molar-refractivity contribution in [1.82, 2.24) is 0 Å². The molecule has 0 saturated carbocycles. The predicted molar refractivity (Wildman–Crippen MR) is 145 cm³/mol. The fourth-order valence-corrected chi connectivity index (χ4v) is 5.26. The molecule has 5 aromatic carbocycles. The molecule has 0 bridgehead atoms. The molecule has 0 saturated heterocycles. The first-order valence-electron chi connectivity index (χ1n) is 11.9. The van der Waals surface area contributed by atoms with E-state index in [9.17, 15) is 0 Å². The lowest BCUT2D eigenvalue weighted by Crippen LogP contribution is -2.14. The summed E-state index contributed by atoms with van der Waals surface area (Å²) in [7, 11) is 0. The van der Waals surface area contributed by atoms with E-state index in [1.165, 1.54) is 44.5 Å². The van der Waals surface area contributed by atoms with Crippen LogP contribution < -0.4 is 5.32 Å². The molecule has 0 spiro atoms. The molecule has 6 rings (SSSR count). The minimum absolute atomic E-state index is 0.0460. The van der Waals surface area contributed by atoms with Crippen LogP contribution in [-0.4, -0.2) is 0 Å². The third kappa shape index (κ3) is 3.41. The van der Waals surface area contributed by atoms with E-state index in [1.807, 2.05) is 0 Å². The molecule has 164 valence electrons. The molecule has 0 radical (unpaired) electrons. The highest BCUT2D eigenvalue weighted by Gasteiger charge is 2.34. The minimum Gasteiger partial charge on any atom is -0.355 e. The van der Waals surface area contributed by atoms with Gasteiger partial charge in [0.05, 0.1) is 0 Å². The third-order valence-electron chi connectivity index (χ3n) is 7.09. The molecule has 0 heterocycles. The van der Waals surface area contributed by atoms with E-state index in [-0.39, 0.29) is 5.41 Å². The first kappa shape index (κ1) is 20.5. The summed E-state index contributed by atoms with van der Waals surface area (Å²) in [5.41, 5.74) is 12.7. The maximum atomic E-state index is 3.62. The van der Waals surface area contributed by atoms with E-state index in [4.69, 9.17) is 0 Å². The molecule has 5 aromatic rings. The van der Waals surface area contributed by atoms with Gasteiger partial charge in [-0.2, -0.15) is 0 Å². The first-order valence-corrected chi connectivity index (χ1v) is 11.9. The van der Waals surface area contributed by atoms with Gasteiger partial charge < -0.3 is 5.32 Å². The summed E-state index contributed by atoms with van der Waals surface area (Å²) in [4.78, 5) is 0. The Kier molecular flexibility index (Phi) is 4.85. The largest absolute Gasteiger partial charge is 0.355 e. The second-order valence-corrected chi connectivity index (χ2v) is 9.54. The molecular weight excluding hydrogens is 410 g/mol. The molecule has 1 aliphatic rings. The fourth-order valence-electron chi connectivity index (χ4n) is 5.26. The normalized spacial score (nSPS) is 13.2. The molecule has 1 heteroatoms. The van der Waals surface area contributed by atoms with Crippen molar-refractivity contribution in [2.24, 2.45) is 0 Å². The molecule has 0 aromatic heterocycles. The van der Waals surface area contributed by atoms with E-state index < -0.39 is 0 Å². The summed E-state index contributed by atoms with van der Waals surface area (Å²) in [5.74, 6) is 0. The highest BCUT2D eigenvalue weighted by Crippen LogP contribution is 2.49. The highest BCUT2D eigenvalue weighted by molar-refractivity contribution is 5.85. The van der Waals surface area contributed by atoms with Crippen molar-refractivity contribution in [2.45, 2.75) is 19.3 Å². The van der Waals surface area contributed by atoms with Crippen molar-refractivity contribution in [3.05, 3.63) is 132 Å². The van der Waals surface area contributed by atoms with Crippen LogP contribution in [0.3, 0.4) is 0 Å². The van der Waals surface area contributed by atoms with E-state index >= 15 is 0 Å². The molecule has 1 nitrogen and oxygen atoms in total. The van der Waals surface area contributed by atoms with E-state index in [2.05, 4.69) is 140 Å². The molecule has 0 unspecified atom stereocenters. The van der Waals surface area contributed by atoms with Crippen LogP contribution in [0.2, 0.25) is 0 Å². The molecule has 0 amide bonds. The minimum atomic E-state index is 0.0460. The Morgan fingerprint density at radius 1 is 0.471 bits per heavy atom. The second kappa shape index (κ2) is 8.04. The van der Waals surface area contributed by atoms with Gasteiger partial charge in [0.25, 0.3) is 0 Å². The number of para-hydroxylation sites is 1. The zero-order chi connectivity index (χ0) is 23.1. The molecule has 1 N–H and O–H groups in total. The van der Waals surface area contributed by atoms with Crippen molar-refractivity contribution < 1.29 is 0 Å². The zero-order valence-corrected chi connectivity index (χ0v) is 19.5. The maximum absolute atomic E-state index is 3.62. The first-order chi connectivity index (χ1) is 16.6. The van der Waals surface area contributed by atoms with Gasteiger partial charge in [-0.25, -0.2) is 0 Å². The Labute approximate surface area is 201 Å². The number of anilines is 2. The standard InChI is InChI=1S/C33H27N/c1-33(2)30-14-8-6-13-28(30)29-22-25(18-21-31(29)33)23-16-19-26(20-17-23)34-32-15-9-7-12-27(32)24-10-4-3-5-11-24/h3-22,34H,1-2H3. The lowest BCUT2D eigenvalue weighted by Gasteiger charge is -2.21. The van der Waals surface area contributed by atoms with Gasteiger partial charge in [-0.3, -0.25) is 0 Å². The Hall–Kier alpha value is -4.10. The fraction of sp³-hybridized carbons (Fsp3) is 0.0909. The van der Waals surface area contributed by atoms with Crippen LogP contribution in [0.25, 0.3) is 33.4 Å². The van der Waals surface area contributed by atoms with E-state index in [0.717, 1.165) is 11.4 Å². The smallest absolute Gasteiger partial charge is 0.0463 e. The van der Waals surface area contributed by atoms with E-state index in [0.29, 0.717) is 0 Å². The number of hydrogen-bond donors (Lipinski definition) is 1. The summed E-state index contributed by atoms with van der Waals surface area (Å²) >= 11 is 0. The van der Waals surface area contributed by atoms with Crippen LogP contribution in [0, 0.1) is 0 Å². The monoisotopic (exact) mass is 437 g/mol. The topological polar surface area (TPSA) is 12.0 Å². The maximum Gasteiger partial charge on any atom is 0.0463 e. The highest BCUT2D eigenvalue weighted by atomic mass is 14.9. The number of rotatable bonds is 4. The second-order valence-electron chi connectivity index (χ2n) is 9.54. The van der Waals surface area contributed by atoms with Gasteiger partial charge in [-0.15, -0.1) is 0 Å². The van der Waals surface area contributed by atoms with Gasteiger partial charge in [-0.1, -0.05) is 111 Å². The Morgan fingerprint density at radius 3 is 1.88 bits per heavy atom. The average Bonchev–Trinajstić information content (AvgIpc) is 3.12. The van der Waals surface area contributed by atoms with Crippen LogP contribution >= 0.6 is 0 Å². The summed E-state index contributed by atoms with van der Waals surface area (Å²) < 4.78 is 0. The third-order valence-corrected chi connectivity index (χ3v) is 7.09. The summed E-state index contributed by atoms with van der Waals surface area (Å²) in [6.45, 7) is 4.65. The summed E-state index contributed by atoms with van der Waals surface area (Å²) in [6, 6.07) is 43.5. The lowest BCUT2D eigenvalue weighted by molar-refractivity contribution is 0.660. The average molecular weight is 438 g/mol. The molecule has 0 fully saturated rings. The van der Waals surface area contributed by atoms with Gasteiger partial charge in [0, 0.05) is 22.4 Å². The van der Waals surface area contributed by atoms with Crippen molar-refractivity contribution in [1.29, 1.82) is 0 Å². The molecule has 34 heavy (non-hydrogen) atoms. The van der Waals surface area contributed by atoms with Gasteiger partial charge in [0.15, 0.2) is 0 Å². The van der Waals surface area contributed by atoms with Gasteiger partial charge in [0.1, 0.15) is 0 Å².